The molecule has 224 valence electrons. The van der Waals surface area contributed by atoms with Crippen LogP contribution in [0, 0.1) is 20.8 Å². The molecule has 0 unspecified atom stereocenters. The van der Waals surface area contributed by atoms with Gasteiger partial charge in [-0.05, 0) is 74.2 Å². The molecule has 0 saturated heterocycles. The van der Waals surface area contributed by atoms with Crippen molar-refractivity contribution in [3.63, 3.8) is 0 Å². The smallest absolute Gasteiger partial charge is 0.264 e. The van der Waals surface area contributed by atoms with Crippen molar-refractivity contribution in [2.75, 3.05) is 17.4 Å². The molecule has 1 atom stereocenters. The molecule has 8 heteroatoms. The molecule has 0 fully saturated rings. The Morgan fingerprint density at radius 1 is 0.744 bits per heavy atom. The summed E-state index contributed by atoms with van der Waals surface area (Å²) >= 11 is 0. The van der Waals surface area contributed by atoms with Crippen molar-refractivity contribution in [3.8, 4) is 0 Å². The van der Waals surface area contributed by atoms with E-state index >= 15 is 0 Å². The van der Waals surface area contributed by atoms with Gasteiger partial charge in [-0.15, -0.1) is 0 Å². The minimum Gasteiger partial charge on any atom is -0.355 e. The van der Waals surface area contributed by atoms with Gasteiger partial charge in [0.1, 0.15) is 12.6 Å². The molecular formula is C35H39N3O4S. The van der Waals surface area contributed by atoms with Crippen LogP contribution in [0.2, 0.25) is 0 Å². The van der Waals surface area contributed by atoms with E-state index in [-0.39, 0.29) is 23.8 Å². The molecule has 0 spiro atoms. The van der Waals surface area contributed by atoms with Gasteiger partial charge in [0.15, 0.2) is 0 Å². The van der Waals surface area contributed by atoms with Gasteiger partial charge in [0.2, 0.25) is 11.8 Å². The van der Waals surface area contributed by atoms with Crippen molar-refractivity contribution in [1.29, 1.82) is 0 Å². The number of sulfonamides is 1. The van der Waals surface area contributed by atoms with Crippen LogP contribution in [-0.4, -0.2) is 44.3 Å². The molecule has 4 rings (SSSR count). The van der Waals surface area contributed by atoms with E-state index in [0.29, 0.717) is 12.2 Å². The summed E-state index contributed by atoms with van der Waals surface area (Å²) in [5.74, 6) is -0.777. The van der Waals surface area contributed by atoms with Gasteiger partial charge in [0.05, 0.1) is 10.6 Å². The second kappa shape index (κ2) is 14.2. The number of carbonyl (C=O) groups is 2. The maximum atomic E-state index is 14.4. The third-order valence-corrected chi connectivity index (χ3v) is 8.99. The van der Waals surface area contributed by atoms with E-state index < -0.39 is 28.5 Å². The number of benzene rings is 4. The van der Waals surface area contributed by atoms with Crippen molar-refractivity contribution in [2.45, 2.75) is 51.6 Å². The Hall–Kier alpha value is -4.43. The summed E-state index contributed by atoms with van der Waals surface area (Å²) in [5.41, 5.74) is 4.78. The Labute approximate surface area is 255 Å². The number of hydrogen-bond acceptors (Lipinski definition) is 4. The van der Waals surface area contributed by atoms with Crippen LogP contribution in [0.4, 0.5) is 5.69 Å². The first kappa shape index (κ1) is 31.5. The molecule has 0 aliphatic heterocycles. The maximum absolute atomic E-state index is 14.4. The first-order chi connectivity index (χ1) is 20.6. The van der Waals surface area contributed by atoms with Crippen molar-refractivity contribution in [2.24, 2.45) is 0 Å². The quantitative estimate of drug-likeness (QED) is 0.231. The molecule has 0 aliphatic carbocycles. The van der Waals surface area contributed by atoms with E-state index in [1.54, 1.807) is 36.4 Å². The van der Waals surface area contributed by atoms with Gasteiger partial charge in [0.25, 0.3) is 10.0 Å². The normalized spacial score (nSPS) is 11.9. The lowest BCUT2D eigenvalue weighted by Crippen LogP contribution is -2.53. The van der Waals surface area contributed by atoms with Crippen LogP contribution >= 0.6 is 0 Å². The Morgan fingerprint density at radius 3 is 1.86 bits per heavy atom. The number of hydrogen-bond donors (Lipinski definition) is 1. The summed E-state index contributed by atoms with van der Waals surface area (Å²) in [6, 6.07) is 30.1. The van der Waals surface area contributed by atoms with Gasteiger partial charge in [0, 0.05) is 19.5 Å². The van der Waals surface area contributed by atoms with E-state index in [1.807, 2.05) is 94.4 Å². The van der Waals surface area contributed by atoms with Crippen LogP contribution in [0.15, 0.2) is 108 Å². The molecule has 1 N–H and O–H groups in total. The van der Waals surface area contributed by atoms with Crippen LogP contribution < -0.4 is 9.62 Å². The monoisotopic (exact) mass is 597 g/mol. The van der Waals surface area contributed by atoms with Gasteiger partial charge in [-0.25, -0.2) is 8.42 Å². The molecule has 2 amide bonds. The topological polar surface area (TPSA) is 86.8 Å². The van der Waals surface area contributed by atoms with Crippen molar-refractivity contribution in [3.05, 3.63) is 131 Å². The third-order valence-electron chi connectivity index (χ3n) is 7.20. The van der Waals surface area contributed by atoms with Crippen LogP contribution in [0.25, 0.3) is 0 Å². The second-order valence-corrected chi connectivity index (χ2v) is 12.6. The lowest BCUT2D eigenvalue weighted by atomic mass is 10.0. The number of likely N-dealkylation sites (N-methyl/N-ethyl adjacent to an activating group) is 1. The zero-order valence-electron chi connectivity index (χ0n) is 25.2. The van der Waals surface area contributed by atoms with E-state index in [4.69, 9.17) is 0 Å². The first-order valence-corrected chi connectivity index (χ1v) is 15.8. The Kier molecular flexibility index (Phi) is 10.4. The summed E-state index contributed by atoms with van der Waals surface area (Å²) in [6.45, 7) is 7.56. The van der Waals surface area contributed by atoms with Crippen molar-refractivity contribution < 1.29 is 18.0 Å². The minimum absolute atomic E-state index is 0.0873. The molecule has 0 heterocycles. The molecule has 7 nitrogen and oxygen atoms in total. The Bertz CT molecular complexity index is 1620. The second-order valence-electron chi connectivity index (χ2n) is 10.8. The fraction of sp³-hybridized carbons (Fsp3) is 0.257. The molecular weight excluding hydrogens is 558 g/mol. The fourth-order valence-electron chi connectivity index (χ4n) is 5.09. The maximum Gasteiger partial charge on any atom is 0.264 e. The summed E-state index contributed by atoms with van der Waals surface area (Å²) < 4.78 is 29.5. The number of aryl methyl sites for hydroxylation is 3. The Morgan fingerprint density at radius 2 is 1.30 bits per heavy atom. The largest absolute Gasteiger partial charge is 0.355 e. The summed E-state index contributed by atoms with van der Waals surface area (Å²) in [4.78, 5) is 29.6. The van der Waals surface area contributed by atoms with Gasteiger partial charge in [-0.3, -0.25) is 13.9 Å². The summed E-state index contributed by atoms with van der Waals surface area (Å²) in [6.07, 6.45) is 0.277. The SMILES string of the molecule is CCNC(=O)[C@@H](Cc1ccccc1)N(Cc1ccccc1)C(=O)CN(c1cc(C)cc(C)c1)S(=O)(=O)c1ccc(C)cc1. The zero-order valence-corrected chi connectivity index (χ0v) is 26.0. The van der Waals surface area contributed by atoms with Crippen molar-refractivity contribution in [1.82, 2.24) is 10.2 Å². The summed E-state index contributed by atoms with van der Waals surface area (Å²) in [5, 5.41) is 2.88. The highest BCUT2D eigenvalue weighted by Gasteiger charge is 2.34. The molecule has 0 radical (unpaired) electrons. The number of anilines is 1. The molecule has 43 heavy (non-hydrogen) atoms. The van der Waals surface area contributed by atoms with E-state index in [9.17, 15) is 18.0 Å². The van der Waals surface area contributed by atoms with Crippen LogP contribution in [-0.2, 0) is 32.6 Å². The number of nitrogens with zero attached hydrogens (tertiary/aromatic N) is 2. The van der Waals surface area contributed by atoms with Gasteiger partial charge in [-0.2, -0.15) is 0 Å². The van der Waals surface area contributed by atoms with Gasteiger partial charge < -0.3 is 10.2 Å². The highest BCUT2D eigenvalue weighted by molar-refractivity contribution is 7.92. The predicted molar refractivity (Wildman–Crippen MR) is 171 cm³/mol. The van der Waals surface area contributed by atoms with Crippen molar-refractivity contribution >= 4 is 27.5 Å². The minimum atomic E-state index is -4.14. The zero-order chi connectivity index (χ0) is 31.0. The number of carbonyl (C=O) groups excluding carboxylic acids is 2. The lowest BCUT2D eigenvalue weighted by molar-refractivity contribution is -0.140. The fourth-order valence-corrected chi connectivity index (χ4v) is 6.48. The van der Waals surface area contributed by atoms with E-state index in [1.165, 1.54) is 4.90 Å². The average molecular weight is 598 g/mol. The third kappa shape index (κ3) is 8.11. The first-order valence-electron chi connectivity index (χ1n) is 14.4. The Balaban J connectivity index is 1.80. The molecule has 0 saturated carbocycles. The highest BCUT2D eigenvalue weighted by atomic mass is 32.2. The van der Waals surface area contributed by atoms with Crippen LogP contribution in [0.1, 0.15) is 34.7 Å². The molecule has 0 bridgehead atoms. The predicted octanol–water partition coefficient (Wildman–Crippen LogP) is 5.58. The van der Waals surface area contributed by atoms with Gasteiger partial charge >= 0.3 is 0 Å². The average Bonchev–Trinajstić information content (AvgIpc) is 2.98. The van der Waals surface area contributed by atoms with E-state index in [2.05, 4.69) is 5.32 Å². The van der Waals surface area contributed by atoms with Crippen LogP contribution in [0.3, 0.4) is 0 Å². The van der Waals surface area contributed by atoms with Crippen LogP contribution in [0.5, 0.6) is 0 Å². The lowest BCUT2D eigenvalue weighted by Gasteiger charge is -2.34. The molecule has 0 aliphatic rings. The number of nitrogens with one attached hydrogen (secondary N) is 1. The molecule has 4 aromatic rings. The standard InChI is InChI=1S/C35H39N3O4S/c1-5-36-35(40)33(23-29-12-8-6-9-13-29)37(24-30-14-10-7-11-15-30)34(39)25-38(31-21-27(3)20-28(4)22-31)43(41,42)32-18-16-26(2)17-19-32/h6-22,33H,5,23-25H2,1-4H3,(H,36,40)/t33-/m1/s1. The number of rotatable bonds is 12. The summed E-state index contributed by atoms with van der Waals surface area (Å²) in [7, 11) is -4.14. The van der Waals surface area contributed by atoms with Gasteiger partial charge in [-0.1, -0.05) is 84.4 Å². The molecule has 4 aromatic carbocycles. The number of amides is 2. The van der Waals surface area contributed by atoms with E-state index in [0.717, 1.165) is 32.1 Å². The highest BCUT2D eigenvalue weighted by Crippen LogP contribution is 2.27. The molecule has 0 aromatic heterocycles.